The molecule has 2 aliphatic rings. The second-order valence-electron chi connectivity index (χ2n) is 4.68. The Labute approximate surface area is 69.4 Å². The summed E-state index contributed by atoms with van der Waals surface area (Å²) >= 11 is 0. The third-order valence-corrected chi connectivity index (χ3v) is 3.91. The van der Waals surface area contributed by atoms with Gasteiger partial charge in [0.25, 0.3) is 0 Å². The van der Waals surface area contributed by atoms with Crippen molar-refractivity contribution in [2.45, 2.75) is 39.0 Å². The monoisotopic (exact) mass is 153 g/mol. The summed E-state index contributed by atoms with van der Waals surface area (Å²) in [6, 6.07) is 0. The van der Waals surface area contributed by atoms with Crippen LogP contribution >= 0.6 is 0 Å². The minimum atomic E-state index is 0.751. The first-order valence-corrected chi connectivity index (χ1v) is 4.97. The first kappa shape index (κ1) is 7.60. The Hall–Kier alpha value is -0.0400. The largest absolute Gasteiger partial charge is 0.330 e. The molecule has 64 valence electrons. The van der Waals surface area contributed by atoms with Crippen LogP contribution in [0, 0.1) is 17.3 Å². The van der Waals surface area contributed by atoms with Crippen LogP contribution < -0.4 is 5.73 Å². The molecule has 0 aromatic heterocycles. The summed E-state index contributed by atoms with van der Waals surface area (Å²) in [5, 5.41) is 0. The fraction of sp³-hybridized carbons (Fsp3) is 1.00. The average Bonchev–Trinajstić information content (AvgIpc) is 2.71. The van der Waals surface area contributed by atoms with Crippen LogP contribution in [0.2, 0.25) is 0 Å². The highest BCUT2D eigenvalue weighted by molar-refractivity contribution is 5.04. The maximum atomic E-state index is 5.67. The van der Waals surface area contributed by atoms with E-state index in [1.165, 1.54) is 32.1 Å². The molecule has 1 nitrogen and oxygen atoms in total. The van der Waals surface area contributed by atoms with Crippen LogP contribution in [0.25, 0.3) is 0 Å². The molecule has 2 fully saturated rings. The average molecular weight is 153 g/mol. The number of rotatable bonds is 1. The molecule has 11 heavy (non-hydrogen) atoms. The number of hydrogen-bond donors (Lipinski definition) is 1. The smallest absolute Gasteiger partial charge is 0.00433 e. The lowest BCUT2D eigenvalue weighted by atomic mass is 9.79. The van der Waals surface area contributed by atoms with Gasteiger partial charge >= 0.3 is 0 Å². The van der Waals surface area contributed by atoms with Crippen LogP contribution in [-0.2, 0) is 0 Å². The van der Waals surface area contributed by atoms with Crippen molar-refractivity contribution < 1.29 is 0 Å². The highest BCUT2D eigenvalue weighted by Crippen LogP contribution is 2.61. The minimum Gasteiger partial charge on any atom is -0.330 e. The lowest BCUT2D eigenvalue weighted by molar-refractivity contribution is 0.252. The van der Waals surface area contributed by atoms with Gasteiger partial charge in [-0.2, -0.15) is 0 Å². The number of nitrogens with two attached hydrogens (primary N) is 1. The Bertz CT molecular complexity index is 145. The molecule has 1 unspecified atom stereocenters. The Balaban J connectivity index is 1.89. The van der Waals surface area contributed by atoms with E-state index in [1.807, 2.05) is 0 Å². The summed E-state index contributed by atoms with van der Waals surface area (Å²) in [5.41, 5.74) is 6.43. The number of hydrogen-bond acceptors (Lipinski definition) is 1. The SMILES string of the molecule is CC1CCC2(CC1)CC2CN. The third kappa shape index (κ3) is 1.20. The van der Waals surface area contributed by atoms with Crippen molar-refractivity contribution in [2.24, 2.45) is 23.0 Å². The zero-order valence-corrected chi connectivity index (χ0v) is 7.47. The summed E-state index contributed by atoms with van der Waals surface area (Å²) in [7, 11) is 0. The molecule has 1 spiro atoms. The van der Waals surface area contributed by atoms with E-state index < -0.39 is 0 Å². The van der Waals surface area contributed by atoms with Crippen LogP contribution in [0.1, 0.15) is 39.0 Å². The molecule has 0 radical (unpaired) electrons. The van der Waals surface area contributed by atoms with Crippen LogP contribution in [0.4, 0.5) is 0 Å². The van der Waals surface area contributed by atoms with Crippen molar-refractivity contribution >= 4 is 0 Å². The maximum absolute atomic E-state index is 5.67. The molecule has 0 bridgehead atoms. The highest BCUT2D eigenvalue weighted by Gasteiger charge is 2.53. The van der Waals surface area contributed by atoms with E-state index in [4.69, 9.17) is 5.73 Å². The molecule has 0 aliphatic heterocycles. The van der Waals surface area contributed by atoms with Crippen molar-refractivity contribution in [2.75, 3.05) is 6.54 Å². The zero-order valence-electron chi connectivity index (χ0n) is 7.47. The lowest BCUT2D eigenvalue weighted by Crippen LogP contribution is -2.18. The van der Waals surface area contributed by atoms with E-state index in [0.29, 0.717) is 0 Å². The van der Waals surface area contributed by atoms with Gasteiger partial charge in [0.1, 0.15) is 0 Å². The summed E-state index contributed by atoms with van der Waals surface area (Å²) in [6.07, 6.45) is 7.29. The maximum Gasteiger partial charge on any atom is -0.00433 e. The van der Waals surface area contributed by atoms with Gasteiger partial charge in [0, 0.05) is 0 Å². The van der Waals surface area contributed by atoms with Crippen molar-refractivity contribution in [3.63, 3.8) is 0 Å². The molecule has 1 heteroatoms. The van der Waals surface area contributed by atoms with E-state index in [9.17, 15) is 0 Å². The fourth-order valence-corrected chi connectivity index (χ4v) is 2.71. The van der Waals surface area contributed by atoms with Gasteiger partial charge in [0.2, 0.25) is 0 Å². The predicted molar refractivity (Wildman–Crippen MR) is 47.2 cm³/mol. The standard InChI is InChI=1S/C10H19N/c1-8-2-4-10(5-3-8)6-9(10)7-11/h8-9H,2-7,11H2,1H3. The molecular formula is C10H19N. The quantitative estimate of drug-likeness (QED) is 0.614. The molecule has 1 atom stereocenters. The first-order chi connectivity index (χ1) is 5.27. The predicted octanol–water partition coefficient (Wildman–Crippen LogP) is 2.16. The third-order valence-electron chi connectivity index (χ3n) is 3.91. The van der Waals surface area contributed by atoms with Crippen LogP contribution in [-0.4, -0.2) is 6.54 Å². The van der Waals surface area contributed by atoms with E-state index in [1.54, 1.807) is 0 Å². The van der Waals surface area contributed by atoms with Crippen molar-refractivity contribution in [1.29, 1.82) is 0 Å². The van der Waals surface area contributed by atoms with E-state index in [2.05, 4.69) is 6.92 Å². The van der Waals surface area contributed by atoms with Gasteiger partial charge in [0.15, 0.2) is 0 Å². The molecular weight excluding hydrogens is 134 g/mol. The molecule has 0 saturated heterocycles. The Morgan fingerprint density at radius 3 is 2.45 bits per heavy atom. The summed E-state index contributed by atoms with van der Waals surface area (Å²) in [6.45, 7) is 3.32. The van der Waals surface area contributed by atoms with Gasteiger partial charge in [-0.3, -0.25) is 0 Å². The molecule has 2 N–H and O–H groups in total. The van der Waals surface area contributed by atoms with Crippen LogP contribution in [0.15, 0.2) is 0 Å². The fourth-order valence-electron chi connectivity index (χ4n) is 2.71. The molecule has 0 amide bonds. The summed E-state index contributed by atoms with van der Waals surface area (Å²) in [4.78, 5) is 0. The molecule has 0 aromatic carbocycles. The van der Waals surface area contributed by atoms with E-state index in [0.717, 1.165) is 23.8 Å². The Kier molecular flexibility index (Phi) is 1.71. The minimum absolute atomic E-state index is 0.751. The van der Waals surface area contributed by atoms with E-state index >= 15 is 0 Å². The zero-order chi connectivity index (χ0) is 7.90. The highest BCUT2D eigenvalue weighted by atomic mass is 14.7. The molecule has 0 heterocycles. The Morgan fingerprint density at radius 2 is 2.00 bits per heavy atom. The Morgan fingerprint density at radius 1 is 1.36 bits per heavy atom. The molecule has 2 saturated carbocycles. The van der Waals surface area contributed by atoms with Crippen molar-refractivity contribution in [1.82, 2.24) is 0 Å². The van der Waals surface area contributed by atoms with Gasteiger partial charge < -0.3 is 5.73 Å². The lowest BCUT2D eigenvalue weighted by Gasteiger charge is -2.26. The van der Waals surface area contributed by atoms with E-state index in [-0.39, 0.29) is 0 Å². The van der Waals surface area contributed by atoms with Gasteiger partial charge in [-0.1, -0.05) is 19.8 Å². The molecule has 2 rings (SSSR count). The van der Waals surface area contributed by atoms with Crippen LogP contribution in [0.5, 0.6) is 0 Å². The van der Waals surface area contributed by atoms with Crippen LogP contribution in [0.3, 0.4) is 0 Å². The van der Waals surface area contributed by atoms with Gasteiger partial charge in [-0.25, -0.2) is 0 Å². The second kappa shape index (κ2) is 2.48. The second-order valence-corrected chi connectivity index (χ2v) is 4.68. The molecule has 0 aromatic rings. The summed E-state index contributed by atoms with van der Waals surface area (Å²) in [5.74, 6) is 1.88. The van der Waals surface area contributed by atoms with Gasteiger partial charge in [-0.15, -0.1) is 0 Å². The summed E-state index contributed by atoms with van der Waals surface area (Å²) < 4.78 is 0. The van der Waals surface area contributed by atoms with Crippen molar-refractivity contribution in [3.05, 3.63) is 0 Å². The van der Waals surface area contributed by atoms with Gasteiger partial charge in [-0.05, 0) is 43.1 Å². The van der Waals surface area contributed by atoms with Crippen molar-refractivity contribution in [3.8, 4) is 0 Å². The topological polar surface area (TPSA) is 26.0 Å². The normalized spacial score (nSPS) is 49.6. The first-order valence-electron chi connectivity index (χ1n) is 4.97. The molecule has 2 aliphatic carbocycles. The van der Waals surface area contributed by atoms with Gasteiger partial charge in [0.05, 0.1) is 0 Å².